The summed E-state index contributed by atoms with van der Waals surface area (Å²) >= 11 is 0. The molecule has 128 valence electrons. The molecule has 0 radical (unpaired) electrons. The maximum atomic E-state index is 2.37. The zero-order valence-electron chi connectivity index (χ0n) is 15.2. The number of hydrogen-bond donors (Lipinski definition) is 0. The van der Waals surface area contributed by atoms with Crippen LogP contribution in [0.25, 0.3) is 22.3 Å². The molecule has 0 heterocycles. The molecule has 27 heavy (non-hydrogen) atoms. The number of hydrogen-bond acceptors (Lipinski definition) is 0. The van der Waals surface area contributed by atoms with Gasteiger partial charge in [0.1, 0.15) is 0 Å². The summed E-state index contributed by atoms with van der Waals surface area (Å²) in [5.74, 6) is 0. The van der Waals surface area contributed by atoms with E-state index in [9.17, 15) is 0 Å². The molecule has 6 rings (SSSR count). The molecule has 0 fully saturated rings. The van der Waals surface area contributed by atoms with Gasteiger partial charge in [-0.25, -0.2) is 0 Å². The molecule has 0 bridgehead atoms. The van der Waals surface area contributed by atoms with Gasteiger partial charge in [0, 0.05) is 0 Å². The van der Waals surface area contributed by atoms with Crippen LogP contribution in [0.4, 0.5) is 0 Å². The monoisotopic (exact) mass is 344 g/mol. The van der Waals surface area contributed by atoms with Crippen LogP contribution < -0.4 is 0 Å². The number of benzene rings is 4. The standard InChI is InChI=1S/C27H20/c1-2-7-18(8-3-1)24-12-6-11-22-16-23-14-13-21-15-19-9-4-5-10-20(19)17-25(21)27(23)26(22)24/h1-14H,15-17H2. The fourth-order valence-corrected chi connectivity index (χ4v) is 4.97. The van der Waals surface area contributed by atoms with E-state index >= 15 is 0 Å². The van der Waals surface area contributed by atoms with Crippen molar-refractivity contribution in [2.75, 3.05) is 0 Å². The number of fused-ring (bicyclic) bond motifs is 6. The van der Waals surface area contributed by atoms with Gasteiger partial charge in [0.25, 0.3) is 0 Å². The Morgan fingerprint density at radius 1 is 0.407 bits per heavy atom. The van der Waals surface area contributed by atoms with Crippen LogP contribution in [0.2, 0.25) is 0 Å². The third-order valence-corrected chi connectivity index (χ3v) is 6.23. The molecule has 2 aliphatic carbocycles. The first-order chi connectivity index (χ1) is 13.4. The van der Waals surface area contributed by atoms with Crippen LogP contribution >= 0.6 is 0 Å². The molecule has 0 spiro atoms. The predicted molar refractivity (Wildman–Crippen MR) is 112 cm³/mol. The molecule has 0 saturated carbocycles. The van der Waals surface area contributed by atoms with Crippen molar-refractivity contribution in [3.05, 3.63) is 118 Å². The van der Waals surface area contributed by atoms with Crippen molar-refractivity contribution in [3.63, 3.8) is 0 Å². The molecule has 0 nitrogen and oxygen atoms in total. The molecule has 0 aromatic heterocycles. The third kappa shape index (κ3) is 2.23. The van der Waals surface area contributed by atoms with E-state index < -0.39 is 0 Å². The molecule has 2 aliphatic rings. The summed E-state index contributed by atoms with van der Waals surface area (Å²) in [6.45, 7) is 0. The van der Waals surface area contributed by atoms with Crippen LogP contribution in [0.15, 0.2) is 84.9 Å². The van der Waals surface area contributed by atoms with Crippen molar-refractivity contribution in [2.45, 2.75) is 19.3 Å². The second kappa shape index (κ2) is 5.69. The van der Waals surface area contributed by atoms with Crippen molar-refractivity contribution >= 4 is 0 Å². The first-order valence-corrected chi connectivity index (χ1v) is 9.76. The van der Waals surface area contributed by atoms with Crippen LogP contribution in [-0.4, -0.2) is 0 Å². The first kappa shape index (κ1) is 15.0. The van der Waals surface area contributed by atoms with E-state index in [1.165, 1.54) is 50.1 Å². The van der Waals surface area contributed by atoms with Crippen LogP contribution in [0.5, 0.6) is 0 Å². The second-order valence-corrected chi connectivity index (χ2v) is 7.74. The fourth-order valence-electron chi connectivity index (χ4n) is 4.97. The molecule has 0 atom stereocenters. The highest BCUT2D eigenvalue weighted by Gasteiger charge is 2.28. The van der Waals surface area contributed by atoms with Gasteiger partial charge in [-0.15, -0.1) is 0 Å². The minimum Gasteiger partial charge on any atom is -0.0622 e. The lowest BCUT2D eigenvalue weighted by Gasteiger charge is -2.23. The van der Waals surface area contributed by atoms with Crippen LogP contribution in [0, 0.1) is 0 Å². The molecule has 0 saturated heterocycles. The Kier molecular flexibility index (Phi) is 3.16. The Hall–Kier alpha value is -3.12. The van der Waals surface area contributed by atoms with Gasteiger partial charge in [-0.2, -0.15) is 0 Å². The third-order valence-electron chi connectivity index (χ3n) is 6.23. The lowest BCUT2D eigenvalue weighted by molar-refractivity contribution is 1.00. The van der Waals surface area contributed by atoms with Gasteiger partial charge in [0.05, 0.1) is 0 Å². The second-order valence-electron chi connectivity index (χ2n) is 7.74. The predicted octanol–water partition coefficient (Wildman–Crippen LogP) is 6.42. The molecule has 4 aromatic rings. The Balaban J connectivity index is 1.60. The van der Waals surface area contributed by atoms with Gasteiger partial charge in [0.15, 0.2) is 0 Å². The highest BCUT2D eigenvalue weighted by molar-refractivity contribution is 5.92. The zero-order valence-corrected chi connectivity index (χ0v) is 15.2. The first-order valence-electron chi connectivity index (χ1n) is 9.76. The molecule has 0 heteroatoms. The maximum Gasteiger partial charge on any atom is -0.00131 e. The van der Waals surface area contributed by atoms with Crippen LogP contribution in [0.1, 0.15) is 33.4 Å². The average molecular weight is 344 g/mol. The van der Waals surface area contributed by atoms with Gasteiger partial charge in [-0.1, -0.05) is 84.9 Å². The van der Waals surface area contributed by atoms with Crippen LogP contribution in [-0.2, 0) is 19.3 Å². The Morgan fingerprint density at radius 2 is 1.04 bits per heavy atom. The largest absolute Gasteiger partial charge is 0.0622 e. The minimum absolute atomic E-state index is 1.05. The Morgan fingerprint density at radius 3 is 1.89 bits per heavy atom. The Labute approximate surface area is 160 Å². The van der Waals surface area contributed by atoms with Crippen molar-refractivity contribution < 1.29 is 0 Å². The summed E-state index contributed by atoms with van der Waals surface area (Å²) in [5, 5.41) is 0. The quantitative estimate of drug-likeness (QED) is 0.323. The van der Waals surface area contributed by atoms with Crippen molar-refractivity contribution in [3.8, 4) is 22.3 Å². The lowest BCUT2D eigenvalue weighted by Crippen LogP contribution is -2.09. The van der Waals surface area contributed by atoms with Gasteiger partial charge in [-0.3, -0.25) is 0 Å². The van der Waals surface area contributed by atoms with E-state index in [0.717, 1.165) is 19.3 Å². The van der Waals surface area contributed by atoms with Gasteiger partial charge in [0.2, 0.25) is 0 Å². The van der Waals surface area contributed by atoms with E-state index in [1.807, 2.05) is 0 Å². The zero-order chi connectivity index (χ0) is 17.8. The summed E-state index contributed by atoms with van der Waals surface area (Å²) in [6.07, 6.45) is 3.17. The molecule has 0 amide bonds. The minimum atomic E-state index is 1.05. The van der Waals surface area contributed by atoms with E-state index in [-0.39, 0.29) is 0 Å². The fraction of sp³-hybridized carbons (Fsp3) is 0.111. The van der Waals surface area contributed by atoms with E-state index in [0.29, 0.717) is 0 Å². The summed E-state index contributed by atoms with van der Waals surface area (Å²) < 4.78 is 0. The molecule has 0 aliphatic heterocycles. The summed E-state index contributed by atoms with van der Waals surface area (Å²) in [7, 11) is 0. The Bertz CT molecular complexity index is 1180. The van der Waals surface area contributed by atoms with E-state index in [1.54, 1.807) is 5.56 Å². The normalized spacial score (nSPS) is 13.5. The SMILES string of the molecule is c1ccc(-c2cccc3c2-c2c(ccc4c2Cc2ccccc2C4)C3)cc1. The van der Waals surface area contributed by atoms with E-state index in [2.05, 4.69) is 84.9 Å². The molecule has 0 unspecified atom stereocenters. The molecular formula is C27H20. The summed E-state index contributed by atoms with van der Waals surface area (Å²) in [4.78, 5) is 0. The van der Waals surface area contributed by atoms with Gasteiger partial charge >= 0.3 is 0 Å². The topological polar surface area (TPSA) is 0 Å². The van der Waals surface area contributed by atoms with Crippen molar-refractivity contribution in [1.82, 2.24) is 0 Å². The lowest BCUT2D eigenvalue weighted by atomic mass is 9.81. The average Bonchev–Trinajstić information content (AvgIpc) is 3.12. The molecule has 0 N–H and O–H groups in total. The molecular weight excluding hydrogens is 324 g/mol. The van der Waals surface area contributed by atoms with Crippen LogP contribution in [0.3, 0.4) is 0 Å². The highest BCUT2D eigenvalue weighted by Crippen LogP contribution is 2.47. The van der Waals surface area contributed by atoms with Gasteiger partial charge < -0.3 is 0 Å². The summed E-state index contributed by atoms with van der Waals surface area (Å²) in [6, 6.07) is 31.3. The highest BCUT2D eigenvalue weighted by atomic mass is 14.3. The maximum absolute atomic E-state index is 2.37. The smallest absolute Gasteiger partial charge is 0.00131 e. The van der Waals surface area contributed by atoms with Gasteiger partial charge in [-0.05, 0) is 74.9 Å². The van der Waals surface area contributed by atoms with Crippen molar-refractivity contribution in [2.24, 2.45) is 0 Å². The van der Waals surface area contributed by atoms with Crippen molar-refractivity contribution in [1.29, 1.82) is 0 Å². The number of rotatable bonds is 1. The van der Waals surface area contributed by atoms with E-state index in [4.69, 9.17) is 0 Å². The summed E-state index contributed by atoms with van der Waals surface area (Å²) in [5.41, 5.74) is 14.7. The molecule has 4 aromatic carbocycles.